The number of hydrogen-bond donors (Lipinski definition) is 0. The second-order valence-corrected chi connectivity index (χ2v) is 7.68. The van der Waals surface area contributed by atoms with E-state index in [0.717, 1.165) is 5.46 Å². The lowest BCUT2D eigenvalue weighted by molar-refractivity contribution is 0.00578. The molecule has 0 aliphatic carbocycles. The Hall–Kier alpha value is -0.835. The summed E-state index contributed by atoms with van der Waals surface area (Å²) in [6.07, 6.45) is 2.64. The minimum absolute atomic E-state index is 0.268. The zero-order valence-corrected chi connectivity index (χ0v) is 14.6. The van der Waals surface area contributed by atoms with Gasteiger partial charge in [0, 0.05) is 6.04 Å². The summed E-state index contributed by atoms with van der Waals surface area (Å²) in [5, 5.41) is 0. The van der Waals surface area contributed by atoms with Gasteiger partial charge in [-0.15, -0.1) is 0 Å². The first kappa shape index (κ1) is 16.0. The number of benzene rings is 1. The number of rotatable bonds is 3. The summed E-state index contributed by atoms with van der Waals surface area (Å²) in [5.74, 6) is 0. The summed E-state index contributed by atoms with van der Waals surface area (Å²) >= 11 is 0. The summed E-state index contributed by atoms with van der Waals surface area (Å²) in [6.45, 7) is 13.1. The van der Waals surface area contributed by atoms with Gasteiger partial charge in [-0.1, -0.05) is 24.3 Å². The van der Waals surface area contributed by atoms with Gasteiger partial charge in [0.1, 0.15) is 0 Å². The molecule has 1 atom stereocenters. The first-order valence-electron chi connectivity index (χ1n) is 8.50. The van der Waals surface area contributed by atoms with E-state index in [4.69, 9.17) is 9.31 Å². The minimum atomic E-state index is -0.283. The Morgan fingerprint density at radius 3 is 2.23 bits per heavy atom. The summed E-state index contributed by atoms with van der Waals surface area (Å²) < 4.78 is 12.3. The van der Waals surface area contributed by atoms with Crippen LogP contribution < -0.4 is 5.46 Å². The van der Waals surface area contributed by atoms with E-state index >= 15 is 0 Å². The SMILES string of the molecule is CC(c1cccc(B2OC(C)(C)C(C)(C)O2)c1)N1CCCC1. The Bertz CT molecular complexity index is 522. The van der Waals surface area contributed by atoms with Gasteiger partial charge < -0.3 is 9.31 Å². The van der Waals surface area contributed by atoms with Gasteiger partial charge in [-0.05, 0) is 71.6 Å². The highest BCUT2D eigenvalue weighted by Crippen LogP contribution is 2.36. The third kappa shape index (κ3) is 2.84. The number of nitrogens with zero attached hydrogens (tertiary/aromatic N) is 1. The van der Waals surface area contributed by atoms with Gasteiger partial charge in [-0.2, -0.15) is 0 Å². The van der Waals surface area contributed by atoms with E-state index in [-0.39, 0.29) is 18.3 Å². The van der Waals surface area contributed by atoms with Crippen molar-refractivity contribution in [3.05, 3.63) is 29.8 Å². The van der Waals surface area contributed by atoms with Crippen LogP contribution in [0.1, 0.15) is 59.1 Å². The highest BCUT2D eigenvalue weighted by molar-refractivity contribution is 6.62. The van der Waals surface area contributed by atoms with Crippen LogP contribution in [0.25, 0.3) is 0 Å². The maximum atomic E-state index is 6.17. The van der Waals surface area contributed by atoms with E-state index in [2.05, 4.69) is 63.8 Å². The summed E-state index contributed by atoms with van der Waals surface area (Å²) in [5.41, 5.74) is 1.92. The van der Waals surface area contributed by atoms with Crippen molar-refractivity contribution in [1.29, 1.82) is 0 Å². The Morgan fingerprint density at radius 1 is 1.05 bits per heavy atom. The zero-order chi connectivity index (χ0) is 16.0. The van der Waals surface area contributed by atoms with Crippen molar-refractivity contribution < 1.29 is 9.31 Å². The quantitative estimate of drug-likeness (QED) is 0.801. The second-order valence-electron chi connectivity index (χ2n) is 7.68. The van der Waals surface area contributed by atoms with Crippen LogP contribution in [0.2, 0.25) is 0 Å². The van der Waals surface area contributed by atoms with Crippen molar-refractivity contribution in [1.82, 2.24) is 4.90 Å². The van der Waals surface area contributed by atoms with E-state index in [1.54, 1.807) is 0 Å². The second kappa shape index (κ2) is 5.66. The van der Waals surface area contributed by atoms with Gasteiger partial charge in [0.2, 0.25) is 0 Å². The van der Waals surface area contributed by atoms with E-state index in [1.807, 2.05) is 0 Å². The topological polar surface area (TPSA) is 21.7 Å². The van der Waals surface area contributed by atoms with Crippen LogP contribution >= 0.6 is 0 Å². The molecule has 2 aliphatic heterocycles. The van der Waals surface area contributed by atoms with Crippen molar-refractivity contribution in [3.63, 3.8) is 0 Å². The highest BCUT2D eigenvalue weighted by Gasteiger charge is 2.51. The van der Waals surface area contributed by atoms with Gasteiger partial charge in [-0.3, -0.25) is 4.90 Å². The molecule has 2 saturated heterocycles. The standard InChI is InChI=1S/C18H28BNO2/c1-14(20-11-6-7-12-20)15-9-8-10-16(13-15)19-21-17(2,3)18(4,5)22-19/h8-10,13-14H,6-7,11-12H2,1-5H3. The molecule has 2 fully saturated rings. The predicted molar refractivity (Wildman–Crippen MR) is 91.4 cm³/mol. The molecule has 0 aromatic heterocycles. The third-order valence-corrected chi connectivity index (χ3v) is 5.61. The van der Waals surface area contributed by atoms with Gasteiger partial charge in [0.25, 0.3) is 0 Å². The fraction of sp³-hybridized carbons (Fsp3) is 0.667. The Kier molecular flexibility index (Phi) is 4.13. The molecule has 22 heavy (non-hydrogen) atoms. The molecule has 1 unspecified atom stereocenters. The average molecular weight is 301 g/mol. The summed E-state index contributed by atoms with van der Waals surface area (Å²) in [4.78, 5) is 2.56. The van der Waals surface area contributed by atoms with Crippen molar-refractivity contribution in [2.75, 3.05) is 13.1 Å². The Balaban J connectivity index is 1.80. The van der Waals surface area contributed by atoms with Crippen LogP contribution in [0.4, 0.5) is 0 Å². The summed E-state index contributed by atoms with van der Waals surface area (Å²) in [6, 6.07) is 9.18. The Labute approximate surface area is 135 Å². The van der Waals surface area contributed by atoms with Gasteiger partial charge in [-0.25, -0.2) is 0 Å². The predicted octanol–water partition coefficient (Wildman–Crippen LogP) is 3.14. The molecular weight excluding hydrogens is 273 g/mol. The maximum absolute atomic E-state index is 6.17. The summed E-state index contributed by atoms with van der Waals surface area (Å²) in [7, 11) is -0.268. The van der Waals surface area contributed by atoms with Crippen LogP contribution in [0.3, 0.4) is 0 Å². The van der Waals surface area contributed by atoms with Crippen LogP contribution in [0.5, 0.6) is 0 Å². The van der Waals surface area contributed by atoms with E-state index in [9.17, 15) is 0 Å². The minimum Gasteiger partial charge on any atom is -0.399 e. The Morgan fingerprint density at radius 2 is 1.64 bits per heavy atom. The third-order valence-electron chi connectivity index (χ3n) is 5.61. The van der Waals surface area contributed by atoms with Crippen LogP contribution in [0, 0.1) is 0 Å². The molecule has 0 N–H and O–H groups in total. The van der Waals surface area contributed by atoms with Crippen LogP contribution in [-0.4, -0.2) is 36.3 Å². The van der Waals surface area contributed by atoms with Crippen molar-refractivity contribution in [2.45, 2.75) is 64.7 Å². The van der Waals surface area contributed by atoms with Crippen LogP contribution in [0.15, 0.2) is 24.3 Å². The molecule has 0 saturated carbocycles. The average Bonchev–Trinajstić information content (AvgIpc) is 3.05. The van der Waals surface area contributed by atoms with Gasteiger partial charge in [0.15, 0.2) is 0 Å². The van der Waals surface area contributed by atoms with Crippen molar-refractivity contribution in [2.24, 2.45) is 0 Å². The highest BCUT2D eigenvalue weighted by atomic mass is 16.7. The number of likely N-dealkylation sites (tertiary alicyclic amines) is 1. The molecule has 0 spiro atoms. The van der Waals surface area contributed by atoms with E-state index in [0.29, 0.717) is 6.04 Å². The fourth-order valence-corrected chi connectivity index (χ4v) is 3.28. The number of hydrogen-bond acceptors (Lipinski definition) is 3. The molecule has 4 heteroatoms. The largest absolute Gasteiger partial charge is 0.494 e. The molecule has 120 valence electrons. The molecule has 0 bridgehead atoms. The first-order valence-corrected chi connectivity index (χ1v) is 8.50. The van der Waals surface area contributed by atoms with Gasteiger partial charge >= 0.3 is 7.12 Å². The molecule has 3 rings (SSSR count). The normalized spacial score (nSPS) is 25.6. The zero-order valence-electron chi connectivity index (χ0n) is 14.6. The molecular formula is C18H28BNO2. The van der Waals surface area contributed by atoms with E-state index < -0.39 is 0 Å². The molecule has 2 aliphatic rings. The maximum Gasteiger partial charge on any atom is 0.494 e. The molecule has 0 amide bonds. The lowest BCUT2D eigenvalue weighted by Gasteiger charge is -2.32. The lowest BCUT2D eigenvalue weighted by Crippen LogP contribution is -2.41. The van der Waals surface area contributed by atoms with Crippen molar-refractivity contribution >= 4 is 12.6 Å². The molecule has 1 aromatic rings. The first-order chi connectivity index (χ1) is 10.3. The molecule has 0 radical (unpaired) electrons. The van der Waals surface area contributed by atoms with Crippen molar-refractivity contribution in [3.8, 4) is 0 Å². The van der Waals surface area contributed by atoms with Crippen LogP contribution in [-0.2, 0) is 9.31 Å². The smallest absolute Gasteiger partial charge is 0.399 e. The van der Waals surface area contributed by atoms with E-state index in [1.165, 1.54) is 31.5 Å². The molecule has 1 aromatic carbocycles. The van der Waals surface area contributed by atoms with Gasteiger partial charge in [0.05, 0.1) is 11.2 Å². The molecule has 3 nitrogen and oxygen atoms in total. The monoisotopic (exact) mass is 301 g/mol. The fourth-order valence-electron chi connectivity index (χ4n) is 3.28. The lowest BCUT2D eigenvalue weighted by atomic mass is 9.78. The molecule has 2 heterocycles.